The Morgan fingerprint density at radius 3 is 2.38 bits per heavy atom. The van der Waals surface area contributed by atoms with Crippen molar-refractivity contribution in [2.24, 2.45) is 0 Å². The Kier molecular flexibility index (Phi) is 3.24. The summed E-state index contributed by atoms with van der Waals surface area (Å²) in [5, 5.41) is 3.05. The maximum Gasteiger partial charge on any atom is 0.411 e. The average molecular weight is 298 g/mol. The Morgan fingerprint density at radius 1 is 1.29 bits per heavy atom. The van der Waals surface area contributed by atoms with Gasteiger partial charge in [-0.1, -0.05) is 37.3 Å². The van der Waals surface area contributed by atoms with E-state index in [9.17, 15) is 18.0 Å². The minimum Gasteiger partial charge on any atom is -0.311 e. The minimum atomic E-state index is -4.37. The third kappa shape index (κ3) is 2.12. The molecule has 0 radical (unpaired) electrons. The second-order valence-electron chi connectivity index (χ2n) is 5.67. The summed E-state index contributed by atoms with van der Waals surface area (Å²) in [4.78, 5) is 13.6. The van der Waals surface area contributed by atoms with Gasteiger partial charge in [-0.3, -0.25) is 10.1 Å². The van der Waals surface area contributed by atoms with E-state index in [0.717, 1.165) is 4.90 Å². The number of hydrogen-bond donors (Lipinski definition) is 1. The van der Waals surface area contributed by atoms with Crippen LogP contribution in [-0.2, 0) is 4.79 Å². The number of carbonyl (C=O) groups is 1. The summed E-state index contributed by atoms with van der Waals surface area (Å²) in [5.41, 5.74) is -1.25. The fraction of sp³-hybridized carbons (Fsp3) is 0.533. The maximum atomic E-state index is 13.3. The minimum absolute atomic E-state index is 0.00191. The SMILES string of the molecule is CCC1NC(c2ccccc2)C(=O)N1C1(C(F)(F)F)CC1. The monoisotopic (exact) mass is 298 g/mol. The molecule has 2 unspecified atom stereocenters. The Hall–Kier alpha value is -1.56. The summed E-state index contributed by atoms with van der Waals surface area (Å²) in [5.74, 6) is -0.470. The molecule has 2 fully saturated rings. The number of amides is 1. The van der Waals surface area contributed by atoms with Crippen LogP contribution in [0.1, 0.15) is 37.8 Å². The lowest BCUT2D eigenvalue weighted by molar-refractivity contribution is -0.202. The largest absolute Gasteiger partial charge is 0.411 e. The zero-order valence-corrected chi connectivity index (χ0v) is 11.7. The van der Waals surface area contributed by atoms with Crippen LogP contribution in [0.3, 0.4) is 0 Å². The van der Waals surface area contributed by atoms with Gasteiger partial charge in [-0.25, -0.2) is 0 Å². The van der Waals surface area contributed by atoms with Crippen molar-refractivity contribution in [1.29, 1.82) is 0 Å². The van der Waals surface area contributed by atoms with Gasteiger partial charge in [0, 0.05) is 0 Å². The molecule has 6 heteroatoms. The predicted molar refractivity (Wildman–Crippen MR) is 71.3 cm³/mol. The number of nitrogens with zero attached hydrogens (tertiary/aromatic N) is 1. The first-order valence-corrected chi connectivity index (χ1v) is 7.11. The van der Waals surface area contributed by atoms with Gasteiger partial charge in [0.15, 0.2) is 0 Å². The first-order chi connectivity index (χ1) is 9.90. The molecule has 1 aromatic rings. The number of rotatable bonds is 3. The first-order valence-electron chi connectivity index (χ1n) is 7.11. The Balaban J connectivity index is 1.93. The van der Waals surface area contributed by atoms with Crippen LogP contribution >= 0.6 is 0 Å². The molecule has 3 nitrogen and oxygen atoms in total. The summed E-state index contributed by atoms with van der Waals surface area (Å²) in [6.45, 7) is 1.79. The molecule has 2 aliphatic rings. The molecule has 1 saturated carbocycles. The topological polar surface area (TPSA) is 32.3 Å². The van der Waals surface area contributed by atoms with Gasteiger partial charge >= 0.3 is 6.18 Å². The third-order valence-electron chi connectivity index (χ3n) is 4.39. The lowest BCUT2D eigenvalue weighted by Crippen LogP contribution is -2.53. The molecule has 0 spiro atoms. The van der Waals surface area contributed by atoms with Crippen LogP contribution in [0, 0.1) is 0 Å². The molecule has 0 aromatic heterocycles. The Bertz CT molecular complexity index is 540. The smallest absolute Gasteiger partial charge is 0.311 e. The van der Waals surface area contributed by atoms with E-state index in [4.69, 9.17) is 0 Å². The average Bonchev–Trinajstić information content (AvgIpc) is 3.19. The third-order valence-corrected chi connectivity index (χ3v) is 4.39. The van der Waals surface area contributed by atoms with E-state index >= 15 is 0 Å². The summed E-state index contributed by atoms with van der Waals surface area (Å²) in [6.07, 6.45) is -4.48. The van der Waals surface area contributed by atoms with E-state index in [1.54, 1.807) is 31.2 Å². The molecule has 21 heavy (non-hydrogen) atoms. The highest BCUT2D eigenvalue weighted by atomic mass is 19.4. The quantitative estimate of drug-likeness (QED) is 0.930. The van der Waals surface area contributed by atoms with Crippen molar-refractivity contribution < 1.29 is 18.0 Å². The fourth-order valence-corrected chi connectivity index (χ4v) is 3.10. The highest BCUT2D eigenvalue weighted by Gasteiger charge is 2.70. The summed E-state index contributed by atoms with van der Waals surface area (Å²) < 4.78 is 40.0. The fourth-order valence-electron chi connectivity index (χ4n) is 3.10. The highest BCUT2D eigenvalue weighted by Crippen LogP contribution is 2.56. The van der Waals surface area contributed by atoms with Crippen molar-refractivity contribution in [3.63, 3.8) is 0 Å². The van der Waals surface area contributed by atoms with Crippen LogP contribution in [0.25, 0.3) is 0 Å². The van der Waals surface area contributed by atoms with Crippen LogP contribution < -0.4 is 5.32 Å². The van der Waals surface area contributed by atoms with Crippen LogP contribution in [0.2, 0.25) is 0 Å². The number of halogens is 3. The van der Waals surface area contributed by atoms with Gasteiger partial charge < -0.3 is 4.90 Å². The van der Waals surface area contributed by atoms with Gasteiger partial charge in [0.1, 0.15) is 11.6 Å². The van der Waals surface area contributed by atoms with E-state index < -0.39 is 29.8 Å². The number of benzene rings is 1. The standard InChI is InChI=1S/C15H17F3N2O/c1-2-11-19-12(10-6-4-3-5-7-10)13(21)20(11)14(8-9-14)15(16,17)18/h3-7,11-12,19H,2,8-9H2,1H3. The highest BCUT2D eigenvalue weighted by molar-refractivity contribution is 5.87. The Labute approximate surface area is 121 Å². The van der Waals surface area contributed by atoms with Gasteiger partial charge in [-0.05, 0) is 24.8 Å². The van der Waals surface area contributed by atoms with E-state index in [1.807, 2.05) is 6.07 Å². The molecule has 3 rings (SSSR count). The van der Waals surface area contributed by atoms with Crippen LogP contribution in [0.15, 0.2) is 30.3 Å². The molecule has 1 amide bonds. The second-order valence-corrected chi connectivity index (χ2v) is 5.67. The molecule has 1 saturated heterocycles. The van der Waals surface area contributed by atoms with Crippen molar-refractivity contribution in [2.75, 3.05) is 0 Å². The molecular weight excluding hydrogens is 281 g/mol. The molecule has 1 aliphatic carbocycles. The zero-order valence-electron chi connectivity index (χ0n) is 11.7. The van der Waals surface area contributed by atoms with Crippen molar-refractivity contribution in [3.05, 3.63) is 35.9 Å². The molecule has 1 heterocycles. The molecule has 2 atom stereocenters. The summed E-state index contributed by atoms with van der Waals surface area (Å²) in [7, 11) is 0. The van der Waals surface area contributed by atoms with Gasteiger partial charge in [-0.2, -0.15) is 13.2 Å². The molecule has 0 bridgehead atoms. The van der Waals surface area contributed by atoms with E-state index in [0.29, 0.717) is 12.0 Å². The van der Waals surface area contributed by atoms with Crippen LogP contribution in [0.5, 0.6) is 0 Å². The van der Waals surface area contributed by atoms with E-state index in [2.05, 4.69) is 5.32 Å². The van der Waals surface area contributed by atoms with Crippen molar-refractivity contribution in [2.45, 2.75) is 50.1 Å². The van der Waals surface area contributed by atoms with Gasteiger partial charge in [0.05, 0.1) is 6.17 Å². The lowest BCUT2D eigenvalue weighted by atomic mass is 10.1. The molecule has 114 valence electrons. The Morgan fingerprint density at radius 2 is 1.90 bits per heavy atom. The van der Waals surface area contributed by atoms with Gasteiger partial charge in [0.25, 0.3) is 0 Å². The van der Waals surface area contributed by atoms with Crippen molar-refractivity contribution in [3.8, 4) is 0 Å². The number of alkyl halides is 3. The maximum absolute atomic E-state index is 13.3. The van der Waals surface area contributed by atoms with E-state index in [1.165, 1.54) is 0 Å². The van der Waals surface area contributed by atoms with Crippen molar-refractivity contribution in [1.82, 2.24) is 10.2 Å². The second kappa shape index (κ2) is 4.73. The lowest BCUT2D eigenvalue weighted by Gasteiger charge is -2.34. The molecule has 1 N–H and O–H groups in total. The predicted octanol–water partition coefficient (Wildman–Crippen LogP) is 2.99. The zero-order chi connectivity index (χ0) is 15.3. The number of nitrogens with one attached hydrogen (secondary N) is 1. The molecule has 1 aliphatic heterocycles. The molecule has 1 aromatic carbocycles. The van der Waals surface area contributed by atoms with Gasteiger partial charge in [0.2, 0.25) is 5.91 Å². The summed E-state index contributed by atoms with van der Waals surface area (Å²) >= 11 is 0. The number of hydrogen-bond acceptors (Lipinski definition) is 2. The van der Waals surface area contributed by atoms with E-state index in [-0.39, 0.29) is 12.8 Å². The van der Waals surface area contributed by atoms with Gasteiger partial charge in [-0.15, -0.1) is 0 Å². The van der Waals surface area contributed by atoms with Crippen LogP contribution in [-0.4, -0.2) is 28.7 Å². The number of carbonyl (C=O) groups excluding carboxylic acids is 1. The first kappa shape index (κ1) is 14.4. The van der Waals surface area contributed by atoms with Crippen molar-refractivity contribution >= 4 is 5.91 Å². The summed E-state index contributed by atoms with van der Waals surface area (Å²) in [6, 6.07) is 8.22. The normalized spacial score (nSPS) is 28.0. The van der Waals surface area contributed by atoms with Crippen LogP contribution in [0.4, 0.5) is 13.2 Å². The molecular formula is C15H17F3N2O.